The molecule has 47 heavy (non-hydrogen) atoms. The maximum atomic E-state index is 13.9. The zero-order valence-corrected chi connectivity index (χ0v) is 28.2. The Balaban J connectivity index is 1.36. The van der Waals surface area contributed by atoms with E-state index in [0.717, 1.165) is 38.1 Å². The number of pyridine rings is 1. The van der Waals surface area contributed by atoms with Gasteiger partial charge in [0.2, 0.25) is 5.91 Å². The zero-order valence-electron chi connectivity index (χ0n) is 26.5. The fourth-order valence-electron chi connectivity index (χ4n) is 4.74. The summed E-state index contributed by atoms with van der Waals surface area (Å²) in [6.07, 6.45) is 3.91. The van der Waals surface area contributed by atoms with Crippen LogP contribution >= 0.6 is 19.4 Å². The van der Waals surface area contributed by atoms with Gasteiger partial charge in [-0.05, 0) is 52.9 Å². The summed E-state index contributed by atoms with van der Waals surface area (Å²) in [5.74, 6) is 1.09. The van der Waals surface area contributed by atoms with Crippen LogP contribution in [0.1, 0.15) is 54.4 Å². The number of carbonyl (C=O) groups is 1. The number of hydrogen-bond donors (Lipinski definition) is 1. The van der Waals surface area contributed by atoms with Crippen LogP contribution in [-0.2, 0) is 44.6 Å². The molecule has 9 nitrogen and oxygen atoms in total. The van der Waals surface area contributed by atoms with Gasteiger partial charge in [0.05, 0.1) is 18.9 Å². The molecule has 2 heterocycles. The first-order valence-corrected chi connectivity index (χ1v) is 18.0. The highest BCUT2D eigenvalue weighted by Crippen LogP contribution is 2.50. The van der Waals surface area contributed by atoms with Crippen LogP contribution in [0.3, 0.4) is 0 Å². The van der Waals surface area contributed by atoms with Gasteiger partial charge in [-0.3, -0.25) is 14.3 Å². The second-order valence-corrected chi connectivity index (χ2v) is 14.3. The number of benzene rings is 3. The van der Waals surface area contributed by atoms with E-state index in [1.807, 2.05) is 97.1 Å². The molecule has 2 N–H and O–H groups in total. The van der Waals surface area contributed by atoms with Gasteiger partial charge in [-0.2, -0.15) is 0 Å². The van der Waals surface area contributed by atoms with Crippen LogP contribution in [0.5, 0.6) is 5.75 Å². The number of aromatic nitrogens is 3. The third kappa shape index (κ3) is 10.1. The van der Waals surface area contributed by atoms with Crippen LogP contribution in [0, 0.1) is 0 Å². The van der Waals surface area contributed by atoms with Gasteiger partial charge < -0.3 is 24.1 Å². The van der Waals surface area contributed by atoms with Crippen LogP contribution in [0.25, 0.3) is 0 Å². The Hall–Kier alpha value is -4.21. The molecule has 0 unspecified atom stereocenters. The number of nitrogens with two attached hydrogens (primary N) is 1. The SMILES string of the molecule is CC(C)c1nc(CCC(N)=O)n(Cc2ccncc2)c1Sc1cccc(OCP(=O)(OCc2ccccc2)OCc2ccccc2)c1. The molecule has 0 aliphatic heterocycles. The van der Waals surface area contributed by atoms with Gasteiger partial charge in [-0.25, -0.2) is 4.98 Å². The van der Waals surface area contributed by atoms with Crippen molar-refractivity contribution < 1.29 is 23.1 Å². The van der Waals surface area contributed by atoms with Crippen molar-refractivity contribution in [3.63, 3.8) is 0 Å². The standard InChI is InChI=1S/C36H39N4O5PS/c1-27(2)35-36(40(23-28-18-20-38-21-19-28)34(39-35)17-16-33(37)41)47-32-15-9-14-31(22-32)43-26-46(42,44-24-29-10-5-3-6-11-29)45-25-30-12-7-4-8-13-30/h3-15,18-22,27H,16-17,23-26H2,1-2H3,(H2,37,41). The lowest BCUT2D eigenvalue weighted by Crippen LogP contribution is -2.14. The molecule has 0 aliphatic rings. The molecule has 0 aliphatic carbocycles. The summed E-state index contributed by atoms with van der Waals surface area (Å²) >= 11 is 1.56. The molecular weight excluding hydrogens is 631 g/mol. The topological polar surface area (TPSA) is 119 Å². The van der Waals surface area contributed by atoms with E-state index < -0.39 is 7.60 Å². The number of amides is 1. The number of nitrogens with zero attached hydrogens (tertiary/aromatic N) is 3. The monoisotopic (exact) mass is 670 g/mol. The van der Waals surface area contributed by atoms with Crippen LogP contribution in [0.2, 0.25) is 0 Å². The van der Waals surface area contributed by atoms with Gasteiger partial charge in [-0.15, -0.1) is 0 Å². The summed E-state index contributed by atoms with van der Waals surface area (Å²) in [5, 5.41) is 0.969. The first kappa shape index (κ1) is 34.1. The van der Waals surface area contributed by atoms with E-state index >= 15 is 0 Å². The molecule has 5 aromatic rings. The van der Waals surface area contributed by atoms with Crippen molar-refractivity contribution in [1.29, 1.82) is 0 Å². The van der Waals surface area contributed by atoms with Crippen molar-refractivity contribution >= 4 is 25.3 Å². The van der Waals surface area contributed by atoms with Gasteiger partial charge in [0.1, 0.15) is 16.6 Å². The van der Waals surface area contributed by atoms with E-state index in [1.54, 1.807) is 24.2 Å². The number of hydrogen-bond acceptors (Lipinski definition) is 8. The average molecular weight is 671 g/mol. The van der Waals surface area contributed by atoms with E-state index in [0.29, 0.717) is 18.7 Å². The Labute approximate surface area is 280 Å². The Morgan fingerprint density at radius 3 is 2.11 bits per heavy atom. The first-order valence-electron chi connectivity index (χ1n) is 15.4. The van der Waals surface area contributed by atoms with Crippen LogP contribution in [-0.4, -0.2) is 26.8 Å². The minimum Gasteiger partial charge on any atom is -0.481 e. The Morgan fingerprint density at radius 2 is 1.51 bits per heavy atom. The molecule has 244 valence electrons. The summed E-state index contributed by atoms with van der Waals surface area (Å²) in [6, 6.07) is 30.6. The summed E-state index contributed by atoms with van der Waals surface area (Å²) in [5.41, 5.74) is 9.27. The number of primary amides is 1. The molecule has 1 amide bonds. The summed E-state index contributed by atoms with van der Waals surface area (Å²) in [6.45, 7) is 5.02. The summed E-state index contributed by atoms with van der Waals surface area (Å²) in [4.78, 5) is 21.7. The average Bonchev–Trinajstić information content (AvgIpc) is 3.42. The Kier molecular flexibility index (Phi) is 12.0. The van der Waals surface area contributed by atoms with Gasteiger partial charge in [0, 0.05) is 36.7 Å². The minimum absolute atomic E-state index is 0.129. The van der Waals surface area contributed by atoms with E-state index in [4.69, 9.17) is 24.5 Å². The quantitative estimate of drug-likeness (QED) is 0.0990. The number of imidazole rings is 1. The lowest BCUT2D eigenvalue weighted by molar-refractivity contribution is -0.118. The van der Waals surface area contributed by atoms with E-state index in [-0.39, 0.29) is 37.8 Å². The molecule has 11 heteroatoms. The van der Waals surface area contributed by atoms with Crippen molar-refractivity contribution in [1.82, 2.24) is 14.5 Å². The van der Waals surface area contributed by atoms with Crippen molar-refractivity contribution in [3.05, 3.63) is 138 Å². The molecule has 0 spiro atoms. The predicted octanol–water partition coefficient (Wildman–Crippen LogP) is 7.98. The molecule has 0 fully saturated rings. The molecule has 0 saturated heterocycles. The number of ether oxygens (including phenoxy) is 1. The third-order valence-corrected chi connectivity index (χ3v) is 9.81. The van der Waals surface area contributed by atoms with E-state index in [2.05, 4.69) is 23.4 Å². The molecule has 5 rings (SSSR count). The molecule has 3 aromatic carbocycles. The van der Waals surface area contributed by atoms with Crippen molar-refractivity contribution in [2.24, 2.45) is 5.73 Å². The zero-order chi connectivity index (χ0) is 33.1. The highest BCUT2D eigenvalue weighted by atomic mass is 32.2. The Bertz CT molecular complexity index is 1740. The maximum Gasteiger partial charge on any atom is 0.368 e. The summed E-state index contributed by atoms with van der Waals surface area (Å²) < 4.78 is 34.0. The first-order chi connectivity index (χ1) is 22.8. The predicted molar refractivity (Wildman–Crippen MR) is 183 cm³/mol. The van der Waals surface area contributed by atoms with E-state index in [1.165, 1.54) is 0 Å². The fraction of sp³-hybridized carbons (Fsp3) is 0.250. The molecule has 0 bridgehead atoms. The molecule has 0 radical (unpaired) electrons. The highest BCUT2D eigenvalue weighted by Gasteiger charge is 2.27. The van der Waals surface area contributed by atoms with Gasteiger partial charge >= 0.3 is 7.60 Å². The second kappa shape index (κ2) is 16.6. The van der Waals surface area contributed by atoms with Crippen LogP contribution in [0.15, 0.2) is 119 Å². The van der Waals surface area contributed by atoms with Crippen molar-refractivity contribution in [2.45, 2.75) is 62.3 Å². The van der Waals surface area contributed by atoms with Crippen LogP contribution in [0.4, 0.5) is 0 Å². The van der Waals surface area contributed by atoms with E-state index in [9.17, 15) is 9.36 Å². The van der Waals surface area contributed by atoms with Gasteiger partial charge in [-0.1, -0.05) is 92.3 Å². The number of carbonyl (C=O) groups excluding carboxylic acids is 1. The third-order valence-electron chi connectivity index (χ3n) is 7.21. The highest BCUT2D eigenvalue weighted by molar-refractivity contribution is 7.99. The molecular formula is C36H39N4O5PS. The van der Waals surface area contributed by atoms with Crippen LogP contribution < -0.4 is 10.5 Å². The lowest BCUT2D eigenvalue weighted by atomic mass is 10.1. The molecule has 0 atom stereocenters. The Morgan fingerprint density at radius 1 is 0.872 bits per heavy atom. The van der Waals surface area contributed by atoms with Gasteiger partial charge in [0.25, 0.3) is 0 Å². The smallest absolute Gasteiger partial charge is 0.368 e. The molecule has 2 aromatic heterocycles. The van der Waals surface area contributed by atoms with Crippen molar-refractivity contribution in [2.75, 3.05) is 6.35 Å². The lowest BCUT2D eigenvalue weighted by Gasteiger charge is -2.19. The minimum atomic E-state index is -3.66. The number of aryl methyl sites for hydroxylation is 1. The van der Waals surface area contributed by atoms with Gasteiger partial charge in [0.15, 0.2) is 6.35 Å². The second-order valence-electron chi connectivity index (χ2n) is 11.3. The summed E-state index contributed by atoms with van der Waals surface area (Å²) in [7, 11) is -3.66. The normalized spacial score (nSPS) is 11.6. The fourth-order valence-corrected chi connectivity index (χ4v) is 7.18. The number of rotatable bonds is 17. The molecule has 0 saturated carbocycles. The maximum absolute atomic E-state index is 13.9. The van der Waals surface area contributed by atoms with Crippen molar-refractivity contribution in [3.8, 4) is 5.75 Å². The largest absolute Gasteiger partial charge is 0.481 e.